The van der Waals surface area contributed by atoms with Crippen molar-refractivity contribution in [1.82, 2.24) is 4.90 Å². The largest absolute Gasteiger partial charge is 0.377 e. The molecule has 2 aliphatic heterocycles. The lowest BCUT2D eigenvalue weighted by Gasteiger charge is -2.33. The molecule has 2 aliphatic rings. The third-order valence-corrected chi connectivity index (χ3v) is 5.58. The molecular weight excluding hydrogens is 400 g/mol. The number of likely N-dealkylation sites (tertiary alicyclic amines) is 1. The molecule has 1 N–H and O–H groups in total. The Kier molecular flexibility index (Phi) is 6.24. The fourth-order valence-electron chi connectivity index (χ4n) is 4.01. The first kappa shape index (κ1) is 21.0. The molecule has 2 heterocycles. The minimum Gasteiger partial charge on any atom is -0.377 e. The van der Waals surface area contributed by atoms with Crippen molar-refractivity contribution in [2.75, 3.05) is 36.5 Å². The fraction of sp³-hybridized carbons (Fsp3) is 0.364. The second-order valence-corrected chi connectivity index (χ2v) is 7.75. The number of hydrogen-bond acceptors (Lipinski definition) is 7. The maximum absolute atomic E-state index is 12.0. The van der Waals surface area contributed by atoms with Crippen LogP contribution in [0.5, 0.6) is 0 Å². The highest BCUT2D eigenvalue weighted by Crippen LogP contribution is 2.32. The second-order valence-electron chi connectivity index (χ2n) is 7.75. The Labute approximate surface area is 179 Å². The van der Waals surface area contributed by atoms with E-state index in [9.17, 15) is 19.7 Å². The lowest BCUT2D eigenvalue weighted by Crippen LogP contribution is -2.46. The molecule has 9 nitrogen and oxygen atoms in total. The van der Waals surface area contributed by atoms with Gasteiger partial charge in [0, 0.05) is 31.7 Å². The lowest BCUT2D eigenvalue weighted by atomic mass is 10.0. The van der Waals surface area contributed by atoms with Gasteiger partial charge in [0.25, 0.3) is 17.5 Å². The van der Waals surface area contributed by atoms with Crippen LogP contribution in [0.1, 0.15) is 18.4 Å². The number of piperidine rings is 1. The number of anilines is 2. The number of nitro benzene ring substituents is 1. The highest BCUT2D eigenvalue weighted by molar-refractivity contribution is 6.17. The topological polar surface area (TPSA) is 105 Å². The van der Waals surface area contributed by atoms with E-state index in [1.807, 2.05) is 18.2 Å². The third kappa shape index (κ3) is 4.89. The van der Waals surface area contributed by atoms with Gasteiger partial charge in [-0.1, -0.05) is 30.3 Å². The normalized spacial score (nSPS) is 18.3. The molecular formula is C22H24N4O5. The lowest BCUT2D eigenvalue weighted by molar-refractivity contribution is -0.383. The molecule has 2 aromatic rings. The molecule has 0 saturated carbocycles. The van der Waals surface area contributed by atoms with E-state index in [0.29, 0.717) is 5.69 Å². The summed E-state index contributed by atoms with van der Waals surface area (Å²) in [7, 11) is 0. The molecule has 0 unspecified atom stereocenters. The fourth-order valence-corrected chi connectivity index (χ4v) is 4.01. The molecule has 2 saturated heterocycles. The standard InChI is InChI=1S/C22H24N4O5/c27-21-14-31-15-22(28)25(21)18-6-7-19(20(12-18)26(29)30)23-17-8-10-24(11-9-17)13-16-4-2-1-3-5-16/h1-7,12,17,23H,8-11,13-15H2. The maximum atomic E-state index is 12.0. The van der Waals surface area contributed by atoms with Gasteiger partial charge in [0.15, 0.2) is 0 Å². The Morgan fingerprint density at radius 1 is 1.03 bits per heavy atom. The van der Waals surface area contributed by atoms with Gasteiger partial charge < -0.3 is 10.1 Å². The number of rotatable bonds is 6. The van der Waals surface area contributed by atoms with Gasteiger partial charge in [0.2, 0.25) is 0 Å². The van der Waals surface area contributed by atoms with Crippen LogP contribution in [0.2, 0.25) is 0 Å². The highest BCUT2D eigenvalue weighted by atomic mass is 16.6. The first-order chi connectivity index (χ1) is 15.0. The minimum atomic E-state index is -0.531. The van der Waals surface area contributed by atoms with Crippen LogP contribution in [0.15, 0.2) is 48.5 Å². The smallest absolute Gasteiger partial charge is 0.294 e. The predicted octanol–water partition coefficient (Wildman–Crippen LogP) is 2.56. The van der Waals surface area contributed by atoms with Gasteiger partial charge in [-0.3, -0.25) is 24.6 Å². The quantitative estimate of drug-likeness (QED) is 0.432. The van der Waals surface area contributed by atoms with Crippen LogP contribution in [-0.4, -0.2) is 54.0 Å². The molecule has 31 heavy (non-hydrogen) atoms. The van der Waals surface area contributed by atoms with E-state index < -0.39 is 16.7 Å². The zero-order chi connectivity index (χ0) is 21.8. The van der Waals surface area contributed by atoms with Gasteiger partial charge in [0.05, 0.1) is 10.6 Å². The monoisotopic (exact) mass is 424 g/mol. The second kappa shape index (κ2) is 9.23. The van der Waals surface area contributed by atoms with Crippen molar-refractivity contribution >= 4 is 28.9 Å². The van der Waals surface area contributed by atoms with Gasteiger partial charge >= 0.3 is 0 Å². The van der Waals surface area contributed by atoms with Crippen LogP contribution in [-0.2, 0) is 20.9 Å². The van der Waals surface area contributed by atoms with E-state index in [1.54, 1.807) is 12.1 Å². The third-order valence-electron chi connectivity index (χ3n) is 5.58. The van der Waals surface area contributed by atoms with Gasteiger partial charge in [-0.2, -0.15) is 0 Å². The molecule has 0 aliphatic carbocycles. The van der Waals surface area contributed by atoms with Crippen LogP contribution in [0.3, 0.4) is 0 Å². The molecule has 0 spiro atoms. The summed E-state index contributed by atoms with van der Waals surface area (Å²) in [6.07, 6.45) is 1.73. The van der Waals surface area contributed by atoms with Crippen molar-refractivity contribution in [3.63, 3.8) is 0 Å². The van der Waals surface area contributed by atoms with Crippen molar-refractivity contribution in [3.8, 4) is 0 Å². The van der Waals surface area contributed by atoms with E-state index in [4.69, 9.17) is 4.74 Å². The number of hydrogen-bond donors (Lipinski definition) is 1. The number of amides is 2. The summed E-state index contributed by atoms with van der Waals surface area (Å²) in [5, 5.41) is 14.9. The first-order valence-corrected chi connectivity index (χ1v) is 10.3. The maximum Gasteiger partial charge on any atom is 0.294 e. The molecule has 2 aromatic carbocycles. The van der Waals surface area contributed by atoms with Crippen LogP contribution in [0.25, 0.3) is 0 Å². The summed E-state index contributed by atoms with van der Waals surface area (Å²) in [6, 6.07) is 14.8. The molecule has 2 fully saturated rings. The predicted molar refractivity (Wildman–Crippen MR) is 115 cm³/mol. The van der Waals surface area contributed by atoms with E-state index in [0.717, 1.165) is 37.4 Å². The van der Waals surface area contributed by atoms with Crippen LogP contribution in [0, 0.1) is 10.1 Å². The zero-order valence-electron chi connectivity index (χ0n) is 17.0. The molecule has 2 amide bonds. The van der Waals surface area contributed by atoms with Crippen molar-refractivity contribution in [3.05, 3.63) is 64.2 Å². The number of carbonyl (C=O) groups is 2. The molecule has 0 atom stereocenters. The van der Waals surface area contributed by atoms with E-state index in [-0.39, 0.29) is 30.6 Å². The number of morpholine rings is 1. The SMILES string of the molecule is O=C1COCC(=O)N1c1ccc(NC2CCN(Cc3ccccc3)CC2)c([N+](=O)[O-])c1. The Hall–Kier alpha value is -3.30. The average Bonchev–Trinajstić information content (AvgIpc) is 2.76. The van der Waals surface area contributed by atoms with Crippen LogP contribution < -0.4 is 10.2 Å². The van der Waals surface area contributed by atoms with Crippen molar-refractivity contribution in [2.24, 2.45) is 0 Å². The van der Waals surface area contributed by atoms with Gasteiger partial charge in [-0.25, -0.2) is 4.90 Å². The molecule has 4 rings (SSSR count). The summed E-state index contributed by atoms with van der Waals surface area (Å²) in [5.74, 6) is -1.06. The zero-order valence-corrected chi connectivity index (χ0v) is 17.0. The summed E-state index contributed by atoms with van der Waals surface area (Å²) in [5.41, 5.74) is 1.69. The van der Waals surface area contributed by atoms with E-state index in [1.165, 1.54) is 11.6 Å². The van der Waals surface area contributed by atoms with Gasteiger partial charge in [0.1, 0.15) is 18.9 Å². The number of ether oxygens (including phenoxy) is 1. The molecule has 0 aromatic heterocycles. The summed E-state index contributed by atoms with van der Waals surface area (Å²) in [4.78, 5) is 38.6. The summed E-state index contributed by atoms with van der Waals surface area (Å²) in [6.45, 7) is 2.25. The molecule has 9 heteroatoms. The van der Waals surface area contributed by atoms with Crippen molar-refractivity contribution in [2.45, 2.75) is 25.4 Å². The number of imide groups is 1. The van der Waals surface area contributed by atoms with E-state index >= 15 is 0 Å². The van der Waals surface area contributed by atoms with Gasteiger partial charge in [-0.05, 0) is 30.5 Å². The Balaban J connectivity index is 1.42. The first-order valence-electron chi connectivity index (χ1n) is 10.3. The molecule has 0 bridgehead atoms. The summed E-state index contributed by atoms with van der Waals surface area (Å²) < 4.78 is 4.90. The van der Waals surface area contributed by atoms with Crippen LogP contribution >= 0.6 is 0 Å². The molecule has 162 valence electrons. The minimum absolute atomic E-state index is 0.114. The number of benzene rings is 2. The number of nitrogens with one attached hydrogen (secondary N) is 1. The summed E-state index contributed by atoms with van der Waals surface area (Å²) >= 11 is 0. The molecule has 0 radical (unpaired) electrons. The number of nitro groups is 1. The van der Waals surface area contributed by atoms with E-state index in [2.05, 4.69) is 22.3 Å². The average molecular weight is 424 g/mol. The Bertz CT molecular complexity index is 957. The Morgan fingerprint density at radius 2 is 1.71 bits per heavy atom. The van der Waals surface area contributed by atoms with Gasteiger partial charge in [-0.15, -0.1) is 0 Å². The number of nitrogens with zero attached hydrogens (tertiary/aromatic N) is 3. The van der Waals surface area contributed by atoms with Crippen molar-refractivity contribution < 1.29 is 19.2 Å². The number of carbonyl (C=O) groups excluding carboxylic acids is 2. The van der Waals surface area contributed by atoms with Crippen LogP contribution in [0.4, 0.5) is 17.1 Å². The highest BCUT2D eigenvalue weighted by Gasteiger charge is 2.30. The Morgan fingerprint density at radius 3 is 2.35 bits per heavy atom. The van der Waals surface area contributed by atoms with Crippen molar-refractivity contribution in [1.29, 1.82) is 0 Å².